The van der Waals surface area contributed by atoms with Crippen LogP contribution >= 0.6 is 11.8 Å². The van der Waals surface area contributed by atoms with E-state index >= 15 is 0 Å². The first kappa shape index (κ1) is 17.2. The fourth-order valence-corrected chi connectivity index (χ4v) is 3.28. The average Bonchev–Trinajstić information content (AvgIpc) is 2.62. The molecule has 0 saturated heterocycles. The van der Waals surface area contributed by atoms with Crippen LogP contribution in [0.4, 0.5) is 10.5 Å². The molecule has 0 radical (unpaired) electrons. The van der Waals surface area contributed by atoms with Crippen LogP contribution in [0.25, 0.3) is 0 Å². The maximum atomic E-state index is 12.0. The van der Waals surface area contributed by atoms with Crippen molar-refractivity contribution in [3.8, 4) is 0 Å². The second kappa shape index (κ2) is 7.98. The molecule has 1 heterocycles. The smallest absolute Gasteiger partial charge is 0.283 e. The highest BCUT2D eigenvalue weighted by Crippen LogP contribution is 2.20. The molecule has 1 aliphatic heterocycles. The van der Waals surface area contributed by atoms with Crippen molar-refractivity contribution in [3.05, 3.63) is 65.7 Å². The van der Waals surface area contributed by atoms with E-state index in [9.17, 15) is 9.59 Å². The molecular weight excluding hydrogens is 334 g/mol. The van der Waals surface area contributed by atoms with Crippen LogP contribution in [0.1, 0.15) is 24.5 Å². The molecule has 0 saturated carbocycles. The van der Waals surface area contributed by atoms with Gasteiger partial charge in [-0.25, -0.2) is 5.43 Å². The highest BCUT2D eigenvalue weighted by atomic mass is 32.2. The maximum absolute atomic E-state index is 12.0. The highest BCUT2D eigenvalue weighted by Gasteiger charge is 2.21. The summed E-state index contributed by atoms with van der Waals surface area (Å²) in [6.07, 6.45) is 0.438. The molecule has 2 N–H and O–H groups in total. The summed E-state index contributed by atoms with van der Waals surface area (Å²) in [7, 11) is 0. The van der Waals surface area contributed by atoms with E-state index in [1.54, 1.807) is 0 Å². The van der Waals surface area contributed by atoms with E-state index in [-0.39, 0.29) is 17.1 Å². The Labute approximate surface area is 150 Å². The molecule has 2 aromatic carbocycles. The number of hydrogen-bond acceptors (Lipinski definition) is 4. The van der Waals surface area contributed by atoms with Gasteiger partial charge in [-0.05, 0) is 23.3 Å². The largest absolute Gasteiger partial charge is 0.317 e. The van der Waals surface area contributed by atoms with Gasteiger partial charge in [0, 0.05) is 23.8 Å². The molecule has 25 heavy (non-hydrogen) atoms. The van der Waals surface area contributed by atoms with E-state index < -0.39 is 0 Å². The second-order valence-electron chi connectivity index (χ2n) is 5.90. The Kier molecular flexibility index (Phi) is 5.50. The minimum Gasteiger partial charge on any atom is -0.317 e. The van der Waals surface area contributed by atoms with Gasteiger partial charge in [0.15, 0.2) is 0 Å². The van der Waals surface area contributed by atoms with Gasteiger partial charge in [0.1, 0.15) is 0 Å². The molecule has 128 valence electrons. The summed E-state index contributed by atoms with van der Waals surface area (Å²) in [5.74, 6) is 0.657. The predicted molar refractivity (Wildman–Crippen MR) is 102 cm³/mol. The van der Waals surface area contributed by atoms with Crippen molar-refractivity contribution in [1.29, 1.82) is 0 Å². The van der Waals surface area contributed by atoms with Gasteiger partial charge in [0.2, 0.25) is 5.91 Å². The van der Waals surface area contributed by atoms with Crippen LogP contribution in [0.2, 0.25) is 0 Å². The lowest BCUT2D eigenvalue weighted by atomic mass is 9.94. The zero-order chi connectivity index (χ0) is 17.6. The molecule has 3 rings (SSSR count). The molecule has 2 aromatic rings. The van der Waals surface area contributed by atoms with Crippen molar-refractivity contribution in [3.63, 3.8) is 0 Å². The summed E-state index contributed by atoms with van der Waals surface area (Å²) >= 11 is 1.24. The first-order valence-corrected chi connectivity index (χ1v) is 9.05. The summed E-state index contributed by atoms with van der Waals surface area (Å²) in [5.41, 5.74) is 6.17. The fraction of sp³-hybridized carbons (Fsp3) is 0.211. The molecule has 2 amide bonds. The summed E-state index contributed by atoms with van der Waals surface area (Å²) in [4.78, 5) is 23.4. The standard InChI is InChI=1S/C19H19N3O2S/c1-13-11-17(23)21-22-18(13)15-7-9-16(10-8-15)20-19(24)25-12-14-5-3-2-4-6-14/h2-10,13H,11-12H2,1H3,(H,20,24)(H,21,23). The van der Waals surface area contributed by atoms with Crippen LogP contribution < -0.4 is 10.7 Å². The van der Waals surface area contributed by atoms with Crippen molar-refractivity contribution >= 4 is 34.3 Å². The van der Waals surface area contributed by atoms with Gasteiger partial charge in [-0.2, -0.15) is 5.10 Å². The molecule has 5 nitrogen and oxygen atoms in total. The normalized spacial score (nSPS) is 16.8. The topological polar surface area (TPSA) is 70.6 Å². The number of carbonyl (C=O) groups excluding carboxylic acids is 2. The fourth-order valence-electron chi connectivity index (χ4n) is 2.60. The van der Waals surface area contributed by atoms with E-state index in [1.165, 1.54) is 11.8 Å². The van der Waals surface area contributed by atoms with Crippen LogP contribution in [0.3, 0.4) is 0 Å². The number of hydrazone groups is 1. The van der Waals surface area contributed by atoms with Gasteiger partial charge >= 0.3 is 0 Å². The number of carbonyl (C=O) groups is 2. The third-order valence-electron chi connectivity index (χ3n) is 3.90. The molecule has 1 atom stereocenters. The van der Waals surface area contributed by atoms with Gasteiger partial charge in [0.05, 0.1) is 5.71 Å². The number of hydrogen-bond donors (Lipinski definition) is 2. The summed E-state index contributed by atoms with van der Waals surface area (Å²) < 4.78 is 0. The predicted octanol–water partition coefficient (Wildman–Crippen LogP) is 4.01. The molecule has 0 aliphatic carbocycles. The van der Waals surface area contributed by atoms with Crippen LogP contribution in [0, 0.1) is 5.92 Å². The Morgan fingerprint density at radius 2 is 1.92 bits per heavy atom. The van der Waals surface area contributed by atoms with Gasteiger partial charge in [-0.3, -0.25) is 9.59 Å². The van der Waals surface area contributed by atoms with Crippen LogP contribution in [-0.4, -0.2) is 16.9 Å². The number of benzene rings is 2. The van der Waals surface area contributed by atoms with E-state index in [1.807, 2.05) is 61.5 Å². The van der Waals surface area contributed by atoms with Crippen molar-refractivity contribution in [2.75, 3.05) is 5.32 Å². The Bertz CT molecular complexity index is 788. The number of anilines is 1. The quantitative estimate of drug-likeness (QED) is 0.872. The molecule has 0 bridgehead atoms. The first-order valence-electron chi connectivity index (χ1n) is 8.06. The third-order valence-corrected chi connectivity index (χ3v) is 4.74. The SMILES string of the molecule is CC1CC(=O)NN=C1c1ccc(NC(=O)SCc2ccccc2)cc1. The van der Waals surface area contributed by atoms with Gasteiger partial charge in [0.25, 0.3) is 5.24 Å². The lowest BCUT2D eigenvalue weighted by Crippen LogP contribution is -2.31. The average molecular weight is 353 g/mol. The Balaban J connectivity index is 1.57. The highest BCUT2D eigenvalue weighted by molar-refractivity contribution is 8.13. The minimum absolute atomic E-state index is 0.0597. The second-order valence-corrected chi connectivity index (χ2v) is 6.85. The zero-order valence-corrected chi connectivity index (χ0v) is 14.7. The van der Waals surface area contributed by atoms with Crippen molar-refractivity contribution in [1.82, 2.24) is 5.43 Å². The monoisotopic (exact) mass is 353 g/mol. The number of thioether (sulfide) groups is 1. The molecule has 0 fully saturated rings. The number of nitrogens with one attached hydrogen (secondary N) is 2. The van der Waals surface area contributed by atoms with Crippen LogP contribution in [0.15, 0.2) is 59.7 Å². The van der Waals surface area contributed by atoms with Gasteiger partial charge < -0.3 is 5.32 Å². The minimum atomic E-state index is -0.0905. The number of nitrogens with zero attached hydrogens (tertiary/aromatic N) is 1. The van der Waals surface area contributed by atoms with Crippen molar-refractivity contribution in [2.45, 2.75) is 19.1 Å². The summed E-state index contributed by atoms with van der Waals surface area (Å²) in [5, 5.41) is 6.93. The molecule has 1 aliphatic rings. The maximum Gasteiger partial charge on any atom is 0.283 e. The van der Waals surface area contributed by atoms with Crippen molar-refractivity contribution < 1.29 is 9.59 Å². The zero-order valence-electron chi connectivity index (χ0n) is 13.9. The number of amides is 2. The van der Waals surface area contributed by atoms with Gasteiger partial charge in [-0.1, -0.05) is 61.2 Å². The van der Waals surface area contributed by atoms with E-state index in [0.717, 1.165) is 22.5 Å². The molecule has 6 heteroatoms. The Morgan fingerprint density at radius 1 is 1.20 bits per heavy atom. The Hall–Kier alpha value is -2.60. The molecule has 1 unspecified atom stereocenters. The lowest BCUT2D eigenvalue weighted by Gasteiger charge is -2.19. The summed E-state index contributed by atoms with van der Waals surface area (Å²) in [6, 6.07) is 17.4. The van der Waals surface area contributed by atoms with Crippen molar-refractivity contribution in [2.24, 2.45) is 11.0 Å². The van der Waals surface area contributed by atoms with E-state index in [4.69, 9.17) is 0 Å². The third kappa shape index (κ3) is 4.70. The van der Waals surface area contributed by atoms with Crippen LogP contribution in [0.5, 0.6) is 0 Å². The molecular formula is C19H19N3O2S. The molecule has 0 spiro atoms. The number of rotatable bonds is 4. The van der Waals surface area contributed by atoms with Gasteiger partial charge in [-0.15, -0.1) is 0 Å². The Morgan fingerprint density at radius 3 is 2.60 bits per heavy atom. The lowest BCUT2D eigenvalue weighted by molar-refractivity contribution is -0.121. The summed E-state index contributed by atoms with van der Waals surface area (Å²) in [6.45, 7) is 1.98. The van der Waals surface area contributed by atoms with E-state index in [2.05, 4.69) is 15.8 Å². The van der Waals surface area contributed by atoms with Crippen LogP contribution in [-0.2, 0) is 10.5 Å². The first-order chi connectivity index (χ1) is 12.1. The van der Waals surface area contributed by atoms with E-state index in [0.29, 0.717) is 12.2 Å². The molecule has 0 aromatic heterocycles.